The van der Waals surface area contributed by atoms with Crippen LogP contribution >= 0.6 is 11.3 Å². The number of nitrogens with one attached hydrogen (secondary N) is 2. The number of thiophene rings is 1. The first kappa shape index (κ1) is 16.4. The van der Waals surface area contributed by atoms with Gasteiger partial charge >= 0.3 is 0 Å². The Morgan fingerprint density at radius 2 is 2.00 bits per heavy atom. The highest BCUT2D eigenvalue weighted by atomic mass is 32.1. The summed E-state index contributed by atoms with van der Waals surface area (Å²) in [7, 11) is 0. The van der Waals surface area contributed by atoms with Crippen molar-refractivity contribution in [3.05, 3.63) is 53.2 Å². The third-order valence-corrected chi connectivity index (χ3v) is 5.29. The van der Waals surface area contributed by atoms with E-state index in [2.05, 4.69) is 50.2 Å². The SMILES string of the molecule is c1cc2cc(CNCc3cnc(NCC4CCCO4)nc3)ccc2s1. The minimum absolute atomic E-state index is 0.297. The summed E-state index contributed by atoms with van der Waals surface area (Å²) in [5.74, 6) is 0.669. The topological polar surface area (TPSA) is 59.1 Å². The van der Waals surface area contributed by atoms with Crippen LogP contribution in [0.4, 0.5) is 5.95 Å². The van der Waals surface area contributed by atoms with Crippen molar-refractivity contribution in [2.24, 2.45) is 0 Å². The molecule has 1 aliphatic heterocycles. The summed E-state index contributed by atoms with van der Waals surface area (Å²) >= 11 is 1.78. The van der Waals surface area contributed by atoms with Gasteiger partial charge in [0.15, 0.2) is 0 Å². The molecule has 0 spiro atoms. The van der Waals surface area contributed by atoms with E-state index >= 15 is 0 Å². The normalized spacial score (nSPS) is 17.2. The molecule has 1 aromatic carbocycles. The molecular formula is C19H22N4OS. The van der Waals surface area contributed by atoms with Crippen molar-refractivity contribution in [1.29, 1.82) is 0 Å². The summed E-state index contributed by atoms with van der Waals surface area (Å²) in [6, 6.07) is 8.78. The fraction of sp³-hybridized carbons (Fsp3) is 0.368. The average molecular weight is 354 g/mol. The van der Waals surface area contributed by atoms with Gasteiger partial charge in [-0.25, -0.2) is 9.97 Å². The van der Waals surface area contributed by atoms with Crippen LogP contribution in [-0.4, -0.2) is 29.2 Å². The van der Waals surface area contributed by atoms with Gasteiger partial charge in [0.25, 0.3) is 0 Å². The zero-order valence-corrected chi connectivity index (χ0v) is 14.9. The molecule has 1 aliphatic rings. The van der Waals surface area contributed by atoms with Crippen LogP contribution in [0.1, 0.15) is 24.0 Å². The molecular weight excluding hydrogens is 332 g/mol. The van der Waals surface area contributed by atoms with E-state index in [9.17, 15) is 0 Å². The van der Waals surface area contributed by atoms with E-state index in [1.807, 2.05) is 12.4 Å². The molecule has 1 unspecified atom stereocenters. The zero-order chi connectivity index (χ0) is 16.9. The summed E-state index contributed by atoms with van der Waals surface area (Å²) in [5, 5.41) is 10.1. The van der Waals surface area contributed by atoms with Crippen molar-refractivity contribution < 1.29 is 4.74 Å². The minimum Gasteiger partial charge on any atom is -0.376 e. The Hall–Kier alpha value is -2.02. The van der Waals surface area contributed by atoms with Gasteiger partial charge in [-0.1, -0.05) is 6.07 Å². The molecule has 6 heteroatoms. The summed E-state index contributed by atoms with van der Waals surface area (Å²) in [4.78, 5) is 8.77. The summed E-state index contributed by atoms with van der Waals surface area (Å²) in [5.41, 5.74) is 2.38. The standard InChI is InChI=1S/C19H22N4OS/c1-2-17(24-6-1)13-23-19-21-11-15(12-22-19)10-20-9-14-3-4-18-16(8-14)5-7-25-18/h3-5,7-8,11-12,17,20H,1-2,6,9-10,13H2,(H,21,22,23). The lowest BCUT2D eigenvalue weighted by atomic mass is 10.1. The number of aromatic nitrogens is 2. The number of fused-ring (bicyclic) bond motifs is 1. The average Bonchev–Trinajstić information content (AvgIpc) is 3.32. The maximum absolute atomic E-state index is 5.59. The van der Waals surface area contributed by atoms with Crippen LogP contribution in [-0.2, 0) is 17.8 Å². The quantitative estimate of drug-likeness (QED) is 0.679. The molecule has 4 rings (SSSR count). The molecule has 1 fully saturated rings. The maximum atomic E-state index is 5.59. The molecule has 2 N–H and O–H groups in total. The Kier molecular flexibility index (Phi) is 5.20. The van der Waals surface area contributed by atoms with Gasteiger partial charge in [0.2, 0.25) is 5.95 Å². The Labute approximate surface area is 151 Å². The lowest BCUT2D eigenvalue weighted by Crippen LogP contribution is -2.19. The van der Waals surface area contributed by atoms with Crippen LogP contribution in [0, 0.1) is 0 Å². The predicted molar refractivity (Wildman–Crippen MR) is 102 cm³/mol. The fourth-order valence-electron chi connectivity index (χ4n) is 3.03. The molecule has 2 aromatic heterocycles. The van der Waals surface area contributed by atoms with E-state index in [-0.39, 0.29) is 0 Å². The smallest absolute Gasteiger partial charge is 0.222 e. The highest BCUT2D eigenvalue weighted by molar-refractivity contribution is 7.17. The number of nitrogens with zero attached hydrogens (tertiary/aromatic N) is 2. The van der Waals surface area contributed by atoms with Crippen molar-refractivity contribution >= 4 is 27.4 Å². The Morgan fingerprint density at radius 1 is 1.12 bits per heavy atom. The van der Waals surface area contributed by atoms with Gasteiger partial charge in [0.05, 0.1) is 6.10 Å². The molecule has 25 heavy (non-hydrogen) atoms. The lowest BCUT2D eigenvalue weighted by molar-refractivity contribution is 0.120. The zero-order valence-electron chi connectivity index (χ0n) is 14.1. The van der Waals surface area contributed by atoms with Gasteiger partial charge in [-0.05, 0) is 47.4 Å². The van der Waals surface area contributed by atoms with Crippen LogP contribution in [0.25, 0.3) is 10.1 Å². The van der Waals surface area contributed by atoms with Gasteiger partial charge in [0.1, 0.15) is 0 Å². The second-order valence-corrected chi connectivity index (χ2v) is 7.27. The minimum atomic E-state index is 0.297. The van der Waals surface area contributed by atoms with Crippen LogP contribution in [0.3, 0.4) is 0 Å². The van der Waals surface area contributed by atoms with Crippen LogP contribution < -0.4 is 10.6 Å². The van der Waals surface area contributed by atoms with Crippen LogP contribution in [0.15, 0.2) is 42.0 Å². The third-order valence-electron chi connectivity index (χ3n) is 4.39. The van der Waals surface area contributed by atoms with E-state index < -0.39 is 0 Å². The first-order valence-corrected chi connectivity index (χ1v) is 9.58. The summed E-state index contributed by atoms with van der Waals surface area (Å²) < 4.78 is 6.92. The predicted octanol–water partition coefficient (Wildman–Crippen LogP) is 3.57. The van der Waals surface area contributed by atoms with Crippen molar-refractivity contribution in [1.82, 2.24) is 15.3 Å². The Morgan fingerprint density at radius 3 is 2.84 bits per heavy atom. The van der Waals surface area contributed by atoms with E-state index in [1.54, 1.807) is 11.3 Å². The van der Waals surface area contributed by atoms with Crippen molar-refractivity contribution in [3.63, 3.8) is 0 Å². The van der Waals surface area contributed by atoms with Crippen LogP contribution in [0.2, 0.25) is 0 Å². The molecule has 0 amide bonds. The molecule has 1 atom stereocenters. The molecule has 5 nitrogen and oxygen atoms in total. The van der Waals surface area contributed by atoms with E-state index in [0.29, 0.717) is 12.1 Å². The lowest BCUT2D eigenvalue weighted by Gasteiger charge is -2.10. The maximum Gasteiger partial charge on any atom is 0.222 e. The first-order valence-electron chi connectivity index (χ1n) is 8.70. The molecule has 0 radical (unpaired) electrons. The molecule has 130 valence electrons. The highest BCUT2D eigenvalue weighted by Crippen LogP contribution is 2.21. The van der Waals surface area contributed by atoms with Crippen molar-refractivity contribution in [2.75, 3.05) is 18.5 Å². The second-order valence-electron chi connectivity index (χ2n) is 6.33. The number of hydrogen-bond acceptors (Lipinski definition) is 6. The van der Waals surface area contributed by atoms with E-state index in [0.717, 1.165) is 44.6 Å². The Bertz CT molecular complexity index is 812. The number of anilines is 1. The number of benzene rings is 1. The van der Waals surface area contributed by atoms with E-state index in [1.165, 1.54) is 15.6 Å². The van der Waals surface area contributed by atoms with Crippen molar-refractivity contribution in [2.45, 2.75) is 32.0 Å². The molecule has 0 aliphatic carbocycles. The fourth-order valence-corrected chi connectivity index (χ4v) is 3.80. The van der Waals surface area contributed by atoms with E-state index in [4.69, 9.17) is 4.74 Å². The molecule has 0 bridgehead atoms. The van der Waals surface area contributed by atoms with Gasteiger partial charge < -0.3 is 15.4 Å². The molecule has 3 heterocycles. The Balaban J connectivity index is 1.24. The molecule has 3 aromatic rings. The largest absolute Gasteiger partial charge is 0.376 e. The molecule has 1 saturated heterocycles. The van der Waals surface area contributed by atoms with Gasteiger partial charge in [-0.15, -0.1) is 11.3 Å². The van der Waals surface area contributed by atoms with Gasteiger partial charge in [0, 0.05) is 48.9 Å². The summed E-state index contributed by atoms with van der Waals surface area (Å²) in [6.07, 6.45) is 6.31. The highest BCUT2D eigenvalue weighted by Gasteiger charge is 2.15. The molecule has 0 saturated carbocycles. The summed E-state index contributed by atoms with van der Waals surface area (Å²) in [6.45, 7) is 3.25. The second kappa shape index (κ2) is 7.91. The first-order chi connectivity index (χ1) is 12.4. The number of hydrogen-bond donors (Lipinski definition) is 2. The number of rotatable bonds is 7. The van der Waals surface area contributed by atoms with Crippen molar-refractivity contribution in [3.8, 4) is 0 Å². The van der Waals surface area contributed by atoms with Gasteiger partial charge in [-0.3, -0.25) is 0 Å². The van der Waals surface area contributed by atoms with Gasteiger partial charge in [-0.2, -0.15) is 0 Å². The number of ether oxygens (including phenoxy) is 1. The van der Waals surface area contributed by atoms with Crippen LogP contribution in [0.5, 0.6) is 0 Å². The third kappa shape index (κ3) is 4.34. The monoisotopic (exact) mass is 354 g/mol.